The van der Waals surface area contributed by atoms with Crippen LogP contribution < -0.4 is 5.73 Å². The molecule has 2 saturated heterocycles. The van der Waals surface area contributed by atoms with Gasteiger partial charge < -0.3 is 15.5 Å². The molecule has 0 saturated carbocycles. The van der Waals surface area contributed by atoms with Gasteiger partial charge in [0, 0.05) is 55.8 Å². The van der Waals surface area contributed by atoms with E-state index in [1.54, 1.807) is 4.90 Å². The third-order valence-corrected chi connectivity index (χ3v) is 7.65. The van der Waals surface area contributed by atoms with Crippen LogP contribution in [0.3, 0.4) is 0 Å². The fourth-order valence-electron chi connectivity index (χ4n) is 5.63. The van der Waals surface area contributed by atoms with E-state index in [1.807, 2.05) is 18.7 Å². The molecule has 218 valence electrons. The van der Waals surface area contributed by atoms with E-state index < -0.39 is 23.6 Å². The lowest BCUT2D eigenvalue weighted by atomic mass is 9.86. The number of rotatable bonds is 4. The molecule has 0 unspecified atom stereocenters. The van der Waals surface area contributed by atoms with E-state index in [9.17, 15) is 18.4 Å². The first-order chi connectivity index (χ1) is 16.5. The van der Waals surface area contributed by atoms with Gasteiger partial charge in [0.05, 0.1) is 12.0 Å². The summed E-state index contributed by atoms with van der Waals surface area (Å²) in [6.45, 7) is 18.1. The number of carbonyl (C=O) groups excluding carboxylic acids is 2. The molecule has 6 nitrogen and oxygen atoms in total. The van der Waals surface area contributed by atoms with Crippen LogP contribution in [-0.4, -0.2) is 76.4 Å². The molecule has 2 aliphatic heterocycles. The third kappa shape index (κ3) is 7.80. The van der Waals surface area contributed by atoms with Crippen LogP contribution in [0.4, 0.5) is 8.78 Å². The van der Waals surface area contributed by atoms with Crippen molar-refractivity contribution in [2.45, 2.75) is 91.4 Å². The Balaban J connectivity index is 0.00000361. The second-order valence-corrected chi connectivity index (χ2v) is 13.0. The van der Waals surface area contributed by atoms with E-state index in [0.29, 0.717) is 38.2 Å². The number of likely N-dealkylation sites (tertiary alicyclic amines) is 1. The fraction of sp³-hybridized carbons (Fsp3) is 0.714. The van der Waals surface area contributed by atoms with E-state index in [2.05, 4.69) is 46.4 Å². The zero-order valence-electron chi connectivity index (χ0n) is 24.0. The molecule has 0 bridgehead atoms. The summed E-state index contributed by atoms with van der Waals surface area (Å²) in [6, 6.07) is 2.68. The summed E-state index contributed by atoms with van der Waals surface area (Å²) in [6.07, 6.45) is 0.585. The minimum Gasteiger partial charge on any atom is -0.336 e. The van der Waals surface area contributed by atoms with Crippen LogP contribution in [0, 0.1) is 23.0 Å². The van der Waals surface area contributed by atoms with Crippen LogP contribution in [-0.2, 0) is 9.59 Å². The Labute approximate surface area is 239 Å². The van der Waals surface area contributed by atoms with Gasteiger partial charge in [0.25, 0.3) is 0 Å². The van der Waals surface area contributed by atoms with Gasteiger partial charge in [-0.05, 0) is 58.1 Å². The third-order valence-electron chi connectivity index (χ3n) is 7.65. The van der Waals surface area contributed by atoms with Crippen LogP contribution in [0.2, 0.25) is 0 Å². The molecule has 0 spiro atoms. The van der Waals surface area contributed by atoms with E-state index in [1.165, 1.54) is 12.1 Å². The van der Waals surface area contributed by atoms with Gasteiger partial charge in [0.1, 0.15) is 11.6 Å². The molecule has 10 heteroatoms. The number of hydrogen-bond donors (Lipinski definition) is 1. The van der Waals surface area contributed by atoms with Crippen molar-refractivity contribution >= 4 is 36.6 Å². The Morgan fingerprint density at radius 3 is 2.03 bits per heavy atom. The number of carbonyl (C=O) groups is 2. The summed E-state index contributed by atoms with van der Waals surface area (Å²) in [4.78, 5) is 32.9. The Bertz CT molecular complexity index is 983. The van der Waals surface area contributed by atoms with E-state index in [4.69, 9.17) is 5.73 Å². The van der Waals surface area contributed by atoms with Crippen LogP contribution in [0.5, 0.6) is 0 Å². The van der Waals surface area contributed by atoms with Gasteiger partial charge in [0.15, 0.2) is 0 Å². The van der Waals surface area contributed by atoms with Gasteiger partial charge in [-0.25, -0.2) is 8.78 Å². The monoisotopic (exact) mass is 578 g/mol. The molecule has 3 rings (SSSR count). The molecular weight excluding hydrogens is 533 g/mol. The topological polar surface area (TPSA) is 69.9 Å². The van der Waals surface area contributed by atoms with Crippen molar-refractivity contribution in [3.8, 4) is 0 Å². The second-order valence-electron chi connectivity index (χ2n) is 13.0. The lowest BCUT2D eigenvalue weighted by molar-refractivity contribution is -0.149. The minimum absolute atomic E-state index is 0. The first kappa shape index (κ1) is 34.5. The molecule has 0 aromatic heterocycles. The molecule has 1 aromatic carbocycles. The fourth-order valence-corrected chi connectivity index (χ4v) is 5.63. The quantitative estimate of drug-likeness (QED) is 0.555. The summed E-state index contributed by atoms with van der Waals surface area (Å²) in [5, 5.41) is 0. The van der Waals surface area contributed by atoms with Gasteiger partial charge in [-0.15, -0.1) is 24.8 Å². The van der Waals surface area contributed by atoms with Crippen molar-refractivity contribution < 1.29 is 18.4 Å². The van der Waals surface area contributed by atoms with Crippen LogP contribution in [0.15, 0.2) is 18.2 Å². The van der Waals surface area contributed by atoms with Gasteiger partial charge in [-0.1, -0.05) is 26.8 Å². The largest absolute Gasteiger partial charge is 0.336 e. The average Bonchev–Trinajstić information content (AvgIpc) is 3.18. The summed E-state index contributed by atoms with van der Waals surface area (Å²) in [5.41, 5.74) is 6.38. The number of piperazine rings is 1. The molecule has 2 amide bonds. The highest BCUT2D eigenvalue weighted by Gasteiger charge is 2.46. The first-order valence-corrected chi connectivity index (χ1v) is 13.1. The Hall–Kier alpha value is -1.48. The smallest absolute Gasteiger partial charge is 0.239 e. The van der Waals surface area contributed by atoms with E-state index in [-0.39, 0.29) is 65.6 Å². The second kappa shape index (κ2) is 12.8. The lowest BCUT2D eigenvalue weighted by Crippen LogP contribution is -2.63. The molecule has 2 fully saturated rings. The predicted molar refractivity (Wildman–Crippen MR) is 153 cm³/mol. The summed E-state index contributed by atoms with van der Waals surface area (Å²) in [5.74, 6) is -2.19. The van der Waals surface area contributed by atoms with Gasteiger partial charge in [-0.2, -0.15) is 0 Å². The maximum absolute atomic E-state index is 14.8. The van der Waals surface area contributed by atoms with Crippen molar-refractivity contribution in [1.29, 1.82) is 0 Å². The average molecular weight is 580 g/mol. The molecule has 2 N–H and O–H groups in total. The molecular formula is C28H46Cl2F2N4O2. The molecule has 2 aliphatic rings. The highest BCUT2D eigenvalue weighted by Crippen LogP contribution is 2.39. The highest BCUT2D eigenvalue weighted by atomic mass is 35.5. The number of halogens is 4. The molecule has 2 heterocycles. The maximum atomic E-state index is 14.8. The summed E-state index contributed by atoms with van der Waals surface area (Å²) >= 11 is 0. The number of hydrogen-bond acceptors (Lipinski definition) is 4. The number of amides is 2. The van der Waals surface area contributed by atoms with Crippen molar-refractivity contribution in [2.75, 3.05) is 26.2 Å². The number of benzene rings is 1. The first-order valence-electron chi connectivity index (χ1n) is 13.1. The summed E-state index contributed by atoms with van der Waals surface area (Å²) < 4.78 is 28.5. The standard InChI is InChI=1S/C28H44F2N4O2.2ClH/c1-17-14-34(26(36)24(31)12-27(3,4)5)18(2)13-33(17)25(35)22-16-32(28(6,7)8)15-21(22)20-10-9-19(29)11-23(20)30;;/h9-11,17-18,21-22,24H,12-16,31H2,1-8H3;2*1H/t17-,18+,21-,22+,24-;;/m0../s1. The molecule has 38 heavy (non-hydrogen) atoms. The summed E-state index contributed by atoms with van der Waals surface area (Å²) in [7, 11) is 0. The van der Waals surface area contributed by atoms with Crippen LogP contribution in [0.1, 0.15) is 73.3 Å². The van der Waals surface area contributed by atoms with Gasteiger partial charge >= 0.3 is 0 Å². The maximum Gasteiger partial charge on any atom is 0.239 e. The van der Waals surface area contributed by atoms with E-state index in [0.717, 1.165) is 6.07 Å². The number of nitrogens with zero attached hydrogens (tertiary/aromatic N) is 3. The van der Waals surface area contributed by atoms with Crippen molar-refractivity contribution in [1.82, 2.24) is 14.7 Å². The molecule has 5 atom stereocenters. The zero-order valence-corrected chi connectivity index (χ0v) is 25.6. The van der Waals surface area contributed by atoms with Gasteiger partial charge in [0.2, 0.25) is 11.8 Å². The predicted octanol–water partition coefficient (Wildman–Crippen LogP) is 4.83. The van der Waals surface area contributed by atoms with E-state index >= 15 is 0 Å². The normalized spacial score (nSPS) is 25.4. The number of nitrogens with two attached hydrogens (primary N) is 1. The SMILES string of the molecule is C[C@@H]1CN(C(=O)[C@@H]2CN(C(C)(C)C)C[C@H]2c2ccc(F)cc2F)[C@@H](C)CN1C(=O)[C@@H](N)CC(C)(C)C.Cl.Cl. The van der Waals surface area contributed by atoms with Crippen molar-refractivity contribution in [3.05, 3.63) is 35.4 Å². The van der Waals surface area contributed by atoms with Crippen molar-refractivity contribution in [3.63, 3.8) is 0 Å². The molecule has 1 aromatic rings. The molecule has 0 aliphatic carbocycles. The highest BCUT2D eigenvalue weighted by molar-refractivity contribution is 5.86. The van der Waals surface area contributed by atoms with Crippen LogP contribution in [0.25, 0.3) is 0 Å². The zero-order chi connectivity index (χ0) is 27.2. The lowest BCUT2D eigenvalue weighted by Gasteiger charge is -2.46. The Morgan fingerprint density at radius 2 is 1.50 bits per heavy atom. The Kier molecular flexibility index (Phi) is 11.6. The Morgan fingerprint density at radius 1 is 0.947 bits per heavy atom. The minimum atomic E-state index is -0.627. The van der Waals surface area contributed by atoms with Crippen molar-refractivity contribution in [2.24, 2.45) is 17.1 Å². The van der Waals surface area contributed by atoms with Gasteiger partial charge in [-0.3, -0.25) is 14.5 Å². The molecule has 0 radical (unpaired) electrons. The van der Waals surface area contributed by atoms with Crippen LogP contribution >= 0.6 is 24.8 Å².